The lowest BCUT2D eigenvalue weighted by Gasteiger charge is -2.10. The number of hydrogen-bond acceptors (Lipinski definition) is 5. The fourth-order valence-electron chi connectivity index (χ4n) is 2.81. The molecule has 0 amide bonds. The van der Waals surface area contributed by atoms with E-state index < -0.39 is 0 Å². The molecule has 0 bridgehead atoms. The highest BCUT2D eigenvalue weighted by Gasteiger charge is 2.33. The molecule has 0 spiro atoms. The standard InChI is InChI=1S/C15H17N3OS2/c19-12-4-1-5-13(12)21-15-17-16-14(18(15)10-6-7-10)9-11-3-2-8-20-11/h2-3,8,10,13H,1,4-7,9H2/t13-/m0/s1. The number of carbonyl (C=O) groups is 1. The van der Waals surface area contributed by atoms with Gasteiger partial charge < -0.3 is 4.57 Å². The van der Waals surface area contributed by atoms with Crippen LogP contribution in [-0.4, -0.2) is 25.8 Å². The maximum absolute atomic E-state index is 11.9. The van der Waals surface area contributed by atoms with Crippen LogP contribution in [0.4, 0.5) is 0 Å². The third-order valence-corrected chi connectivity index (χ3v) is 6.20. The molecule has 0 N–H and O–H groups in total. The van der Waals surface area contributed by atoms with Crippen molar-refractivity contribution in [1.82, 2.24) is 14.8 Å². The second-order valence-corrected chi connectivity index (χ2v) is 7.92. The highest BCUT2D eigenvalue weighted by atomic mass is 32.2. The largest absolute Gasteiger partial charge is 0.303 e. The minimum atomic E-state index is 0.0984. The minimum Gasteiger partial charge on any atom is -0.303 e. The van der Waals surface area contributed by atoms with E-state index in [4.69, 9.17) is 0 Å². The summed E-state index contributed by atoms with van der Waals surface area (Å²) in [5.41, 5.74) is 0. The van der Waals surface area contributed by atoms with Crippen molar-refractivity contribution < 1.29 is 4.79 Å². The van der Waals surface area contributed by atoms with Crippen LogP contribution in [0.25, 0.3) is 0 Å². The molecule has 0 unspecified atom stereocenters. The summed E-state index contributed by atoms with van der Waals surface area (Å²) >= 11 is 3.39. The molecule has 110 valence electrons. The van der Waals surface area contributed by atoms with Crippen LogP contribution in [-0.2, 0) is 11.2 Å². The summed E-state index contributed by atoms with van der Waals surface area (Å²) in [4.78, 5) is 13.2. The van der Waals surface area contributed by atoms with Crippen LogP contribution in [0.5, 0.6) is 0 Å². The number of rotatable bonds is 5. The molecule has 2 heterocycles. The molecule has 4 nitrogen and oxygen atoms in total. The normalized spacial score (nSPS) is 22.1. The van der Waals surface area contributed by atoms with Gasteiger partial charge in [0.2, 0.25) is 0 Å². The Kier molecular flexibility index (Phi) is 3.59. The molecule has 2 aliphatic rings. The van der Waals surface area contributed by atoms with Crippen molar-refractivity contribution in [2.75, 3.05) is 0 Å². The van der Waals surface area contributed by atoms with Gasteiger partial charge >= 0.3 is 0 Å². The Hall–Kier alpha value is -1.14. The first kappa shape index (κ1) is 13.5. The van der Waals surface area contributed by atoms with Crippen LogP contribution < -0.4 is 0 Å². The second kappa shape index (κ2) is 5.57. The predicted octanol–water partition coefficient (Wildman–Crippen LogP) is 3.48. The van der Waals surface area contributed by atoms with Gasteiger partial charge in [-0.25, -0.2) is 0 Å². The highest BCUT2D eigenvalue weighted by Crippen LogP contribution is 2.41. The number of thiophene rings is 1. The topological polar surface area (TPSA) is 47.8 Å². The minimum absolute atomic E-state index is 0.0984. The van der Waals surface area contributed by atoms with Gasteiger partial charge in [-0.05, 0) is 37.1 Å². The number of Topliss-reactive ketones (excluding diaryl/α,β-unsaturated/α-hetero) is 1. The Balaban J connectivity index is 1.59. The van der Waals surface area contributed by atoms with Crippen LogP contribution in [0, 0.1) is 0 Å². The maximum Gasteiger partial charge on any atom is 0.192 e. The van der Waals surface area contributed by atoms with Gasteiger partial charge in [-0.15, -0.1) is 21.5 Å². The number of hydrogen-bond donors (Lipinski definition) is 0. The summed E-state index contributed by atoms with van der Waals surface area (Å²) in [6.45, 7) is 0. The highest BCUT2D eigenvalue weighted by molar-refractivity contribution is 8.00. The van der Waals surface area contributed by atoms with Crippen LogP contribution >= 0.6 is 23.1 Å². The van der Waals surface area contributed by atoms with Crippen LogP contribution in [0.2, 0.25) is 0 Å². The Morgan fingerprint density at radius 3 is 2.90 bits per heavy atom. The average Bonchev–Trinajstić information content (AvgIpc) is 2.87. The number of carbonyl (C=O) groups excluding carboxylic acids is 1. The van der Waals surface area contributed by atoms with Crippen molar-refractivity contribution in [2.24, 2.45) is 0 Å². The van der Waals surface area contributed by atoms with E-state index in [1.165, 1.54) is 17.7 Å². The van der Waals surface area contributed by atoms with Crippen molar-refractivity contribution in [1.29, 1.82) is 0 Å². The van der Waals surface area contributed by atoms with E-state index in [-0.39, 0.29) is 5.25 Å². The molecule has 2 aromatic heterocycles. The number of aromatic nitrogens is 3. The van der Waals surface area contributed by atoms with Gasteiger partial charge in [-0.1, -0.05) is 17.8 Å². The van der Waals surface area contributed by atoms with Gasteiger partial charge in [-0.3, -0.25) is 4.79 Å². The Bertz CT molecular complexity index is 646. The van der Waals surface area contributed by atoms with Gasteiger partial charge in [-0.2, -0.15) is 0 Å². The number of ketones is 1. The lowest BCUT2D eigenvalue weighted by Crippen LogP contribution is -2.11. The summed E-state index contributed by atoms with van der Waals surface area (Å²) in [6.07, 6.45) is 6.01. The molecule has 0 aliphatic heterocycles. The molecular weight excluding hydrogens is 302 g/mol. The monoisotopic (exact) mass is 319 g/mol. The van der Waals surface area contributed by atoms with Gasteiger partial charge in [0.15, 0.2) is 5.16 Å². The van der Waals surface area contributed by atoms with Crippen molar-refractivity contribution >= 4 is 28.9 Å². The fourth-order valence-corrected chi connectivity index (χ4v) is 4.76. The lowest BCUT2D eigenvalue weighted by atomic mass is 10.3. The molecule has 2 fully saturated rings. The first-order valence-electron chi connectivity index (χ1n) is 7.47. The SMILES string of the molecule is O=C1CCC[C@@H]1Sc1nnc(Cc2cccs2)n1C1CC1. The van der Waals surface area contributed by atoms with Gasteiger partial charge in [0.1, 0.15) is 11.6 Å². The van der Waals surface area contributed by atoms with Crippen LogP contribution in [0.1, 0.15) is 48.8 Å². The zero-order valence-electron chi connectivity index (χ0n) is 11.7. The third-order valence-electron chi connectivity index (χ3n) is 4.06. The molecule has 21 heavy (non-hydrogen) atoms. The maximum atomic E-state index is 11.9. The van der Waals surface area contributed by atoms with Crippen LogP contribution in [0.3, 0.4) is 0 Å². The molecule has 2 aromatic rings. The molecule has 0 aromatic carbocycles. The molecular formula is C15H17N3OS2. The van der Waals surface area contributed by atoms with E-state index in [0.717, 1.165) is 36.7 Å². The van der Waals surface area contributed by atoms with Crippen molar-refractivity contribution in [3.8, 4) is 0 Å². The quantitative estimate of drug-likeness (QED) is 0.846. The van der Waals surface area contributed by atoms with E-state index in [1.54, 1.807) is 23.1 Å². The first-order valence-corrected chi connectivity index (χ1v) is 9.23. The van der Waals surface area contributed by atoms with Crippen LogP contribution in [0.15, 0.2) is 22.7 Å². The average molecular weight is 319 g/mol. The summed E-state index contributed by atoms with van der Waals surface area (Å²) in [5, 5.41) is 11.9. The predicted molar refractivity (Wildman–Crippen MR) is 83.9 cm³/mol. The zero-order chi connectivity index (χ0) is 14.2. The van der Waals surface area contributed by atoms with Gasteiger partial charge in [0.05, 0.1) is 5.25 Å². The molecule has 0 saturated heterocycles. The third kappa shape index (κ3) is 2.79. The summed E-state index contributed by atoms with van der Waals surface area (Å²) in [6, 6.07) is 4.77. The summed E-state index contributed by atoms with van der Waals surface area (Å²) < 4.78 is 2.29. The molecule has 6 heteroatoms. The first-order chi connectivity index (χ1) is 10.3. The van der Waals surface area contributed by atoms with Crippen molar-refractivity contribution in [3.05, 3.63) is 28.2 Å². The Morgan fingerprint density at radius 1 is 1.33 bits per heavy atom. The summed E-state index contributed by atoms with van der Waals surface area (Å²) in [7, 11) is 0. The molecule has 0 radical (unpaired) electrons. The Labute approximate surface area is 132 Å². The molecule has 1 atom stereocenters. The smallest absolute Gasteiger partial charge is 0.192 e. The molecule has 2 aliphatic carbocycles. The van der Waals surface area contributed by atoms with E-state index in [0.29, 0.717) is 11.8 Å². The van der Waals surface area contributed by atoms with Crippen molar-refractivity contribution in [3.63, 3.8) is 0 Å². The van der Waals surface area contributed by atoms with Gasteiger partial charge in [0.25, 0.3) is 0 Å². The summed E-state index contributed by atoms with van der Waals surface area (Å²) in [5.74, 6) is 1.43. The van der Waals surface area contributed by atoms with E-state index >= 15 is 0 Å². The van der Waals surface area contributed by atoms with E-state index in [2.05, 4.69) is 32.3 Å². The fraction of sp³-hybridized carbons (Fsp3) is 0.533. The second-order valence-electron chi connectivity index (χ2n) is 5.72. The molecule has 4 rings (SSSR count). The van der Waals surface area contributed by atoms with Gasteiger partial charge in [0, 0.05) is 23.8 Å². The Morgan fingerprint density at radius 2 is 2.24 bits per heavy atom. The van der Waals surface area contributed by atoms with E-state index in [1.807, 2.05) is 0 Å². The number of nitrogens with zero attached hydrogens (tertiary/aromatic N) is 3. The molecule has 2 saturated carbocycles. The van der Waals surface area contributed by atoms with E-state index in [9.17, 15) is 4.79 Å². The number of thioether (sulfide) groups is 1. The van der Waals surface area contributed by atoms with Crippen molar-refractivity contribution in [2.45, 2.75) is 55.0 Å². The zero-order valence-corrected chi connectivity index (χ0v) is 13.3. The lowest BCUT2D eigenvalue weighted by molar-refractivity contribution is -0.116.